The van der Waals surface area contributed by atoms with Gasteiger partial charge in [-0.2, -0.15) is 9.97 Å². The van der Waals surface area contributed by atoms with Crippen LogP contribution in [0.5, 0.6) is 0 Å². The number of hydrogen-bond donors (Lipinski definition) is 4. The van der Waals surface area contributed by atoms with Crippen molar-refractivity contribution in [1.82, 2.24) is 9.97 Å². The van der Waals surface area contributed by atoms with Gasteiger partial charge in [0.15, 0.2) is 11.6 Å². The van der Waals surface area contributed by atoms with Gasteiger partial charge in [-0.3, -0.25) is 0 Å². The van der Waals surface area contributed by atoms with E-state index in [1.54, 1.807) is 0 Å². The van der Waals surface area contributed by atoms with E-state index in [1.807, 2.05) is 0 Å². The van der Waals surface area contributed by atoms with Crippen LogP contribution in [0.1, 0.15) is 32.1 Å². The van der Waals surface area contributed by atoms with Crippen molar-refractivity contribution in [3.05, 3.63) is 24.3 Å². The molecule has 1 aliphatic carbocycles. The van der Waals surface area contributed by atoms with Crippen LogP contribution in [0.25, 0.3) is 0 Å². The largest absolute Gasteiger partial charge is 0.378 e. The average molecular weight is 396 g/mol. The lowest BCUT2D eigenvalue weighted by molar-refractivity contribution is 0.122. The molecule has 1 aromatic heterocycles. The zero-order valence-electron chi connectivity index (χ0n) is 16.7. The second-order valence-electron chi connectivity index (χ2n) is 7.90. The van der Waals surface area contributed by atoms with Gasteiger partial charge < -0.3 is 30.9 Å². The molecule has 0 bridgehead atoms. The summed E-state index contributed by atoms with van der Waals surface area (Å²) in [7, 11) is 0. The van der Waals surface area contributed by atoms with Crippen molar-refractivity contribution in [3.8, 4) is 0 Å². The van der Waals surface area contributed by atoms with Crippen LogP contribution in [0, 0.1) is 0 Å². The maximum atomic E-state index is 5.44. The number of fused-ring (bicyclic) bond motifs is 1. The lowest BCUT2D eigenvalue weighted by atomic mass is 9.95. The van der Waals surface area contributed by atoms with Gasteiger partial charge in [0.2, 0.25) is 5.95 Å². The quantitative estimate of drug-likeness (QED) is 0.611. The van der Waals surface area contributed by atoms with Crippen LogP contribution < -0.4 is 26.2 Å². The van der Waals surface area contributed by atoms with Gasteiger partial charge in [-0.05, 0) is 37.1 Å². The van der Waals surface area contributed by atoms with Gasteiger partial charge in [0.1, 0.15) is 5.69 Å². The molecule has 2 fully saturated rings. The van der Waals surface area contributed by atoms with Gasteiger partial charge in [-0.15, -0.1) is 0 Å². The number of aromatic nitrogens is 2. The van der Waals surface area contributed by atoms with Crippen LogP contribution >= 0.6 is 0 Å². The topological polar surface area (TPSA) is 86.4 Å². The first-order valence-corrected chi connectivity index (χ1v) is 10.7. The SMILES string of the molecule is c1cc(N2CCOCC2)ccc1Nc1nc2c(c(NC3CCCCC3)n1)NCN2. The number of nitrogens with zero attached hydrogens (tertiary/aromatic N) is 3. The molecule has 8 nitrogen and oxygen atoms in total. The Morgan fingerprint density at radius 3 is 2.55 bits per heavy atom. The molecule has 1 saturated carbocycles. The minimum absolute atomic E-state index is 0.491. The summed E-state index contributed by atoms with van der Waals surface area (Å²) in [6, 6.07) is 8.94. The molecular formula is C21H29N7O. The fraction of sp³-hybridized carbons (Fsp3) is 0.524. The molecule has 5 rings (SSSR count). The Balaban J connectivity index is 1.32. The molecule has 154 valence electrons. The smallest absolute Gasteiger partial charge is 0.231 e. The highest BCUT2D eigenvalue weighted by Crippen LogP contribution is 2.34. The maximum Gasteiger partial charge on any atom is 0.231 e. The molecule has 3 aliphatic rings. The van der Waals surface area contributed by atoms with Crippen molar-refractivity contribution in [2.75, 3.05) is 59.1 Å². The van der Waals surface area contributed by atoms with E-state index in [9.17, 15) is 0 Å². The van der Waals surface area contributed by atoms with Crippen LogP contribution in [0.3, 0.4) is 0 Å². The number of hydrogen-bond acceptors (Lipinski definition) is 8. The first-order chi connectivity index (χ1) is 14.3. The number of ether oxygens (including phenoxy) is 1. The molecule has 1 aromatic carbocycles. The van der Waals surface area contributed by atoms with Crippen LogP contribution in [0.15, 0.2) is 24.3 Å². The molecule has 4 N–H and O–H groups in total. The van der Waals surface area contributed by atoms with Crippen LogP contribution in [0.4, 0.5) is 34.6 Å². The minimum Gasteiger partial charge on any atom is -0.378 e. The summed E-state index contributed by atoms with van der Waals surface area (Å²) < 4.78 is 5.44. The first kappa shape index (κ1) is 18.3. The fourth-order valence-electron chi connectivity index (χ4n) is 4.28. The Labute approximate surface area is 171 Å². The highest BCUT2D eigenvalue weighted by atomic mass is 16.5. The number of benzene rings is 1. The molecule has 0 radical (unpaired) electrons. The van der Waals surface area contributed by atoms with E-state index in [0.29, 0.717) is 18.7 Å². The summed E-state index contributed by atoms with van der Waals surface area (Å²) >= 11 is 0. The van der Waals surface area contributed by atoms with Crippen molar-refractivity contribution in [2.24, 2.45) is 0 Å². The molecule has 29 heavy (non-hydrogen) atoms. The van der Waals surface area contributed by atoms with E-state index < -0.39 is 0 Å². The van der Waals surface area contributed by atoms with Gasteiger partial charge in [-0.25, -0.2) is 0 Å². The molecule has 3 heterocycles. The van der Waals surface area contributed by atoms with Gasteiger partial charge in [0, 0.05) is 30.5 Å². The number of rotatable bonds is 5. The second-order valence-corrected chi connectivity index (χ2v) is 7.90. The zero-order chi connectivity index (χ0) is 19.5. The first-order valence-electron chi connectivity index (χ1n) is 10.7. The van der Waals surface area contributed by atoms with Crippen molar-refractivity contribution < 1.29 is 4.74 Å². The van der Waals surface area contributed by atoms with E-state index in [0.717, 1.165) is 49.3 Å². The van der Waals surface area contributed by atoms with Gasteiger partial charge >= 0.3 is 0 Å². The summed E-state index contributed by atoms with van der Waals surface area (Å²) in [6.45, 7) is 4.15. The molecule has 2 aromatic rings. The predicted molar refractivity (Wildman–Crippen MR) is 117 cm³/mol. The summed E-state index contributed by atoms with van der Waals surface area (Å²) in [6.07, 6.45) is 6.33. The molecule has 0 spiro atoms. The Morgan fingerprint density at radius 2 is 1.76 bits per heavy atom. The highest BCUT2D eigenvalue weighted by Gasteiger charge is 2.22. The monoisotopic (exact) mass is 395 g/mol. The van der Waals surface area contributed by atoms with Crippen molar-refractivity contribution in [1.29, 1.82) is 0 Å². The standard InChI is InChI=1S/C21H29N7O/c1-2-4-15(5-3-1)24-20-18-19(23-14-22-18)26-21(27-20)25-16-6-8-17(9-7-16)28-10-12-29-13-11-28/h6-9,15,22H,1-5,10-14H2,(H3,23,24,25,26,27). The van der Waals surface area contributed by atoms with E-state index in [2.05, 4.69) is 55.4 Å². The Bertz CT molecular complexity index is 830. The fourth-order valence-corrected chi connectivity index (χ4v) is 4.28. The molecule has 1 saturated heterocycles. The van der Waals surface area contributed by atoms with E-state index in [1.165, 1.54) is 37.8 Å². The van der Waals surface area contributed by atoms with Crippen molar-refractivity contribution in [2.45, 2.75) is 38.1 Å². The molecule has 2 aliphatic heterocycles. The molecule has 8 heteroatoms. The summed E-state index contributed by atoms with van der Waals surface area (Å²) in [5, 5.41) is 13.7. The third kappa shape index (κ3) is 4.17. The van der Waals surface area contributed by atoms with E-state index in [-0.39, 0.29) is 0 Å². The van der Waals surface area contributed by atoms with Gasteiger partial charge in [0.05, 0.1) is 19.9 Å². The second kappa shape index (κ2) is 8.32. The summed E-state index contributed by atoms with van der Waals surface area (Å²) in [4.78, 5) is 11.8. The normalized spacial score (nSPS) is 19.2. The van der Waals surface area contributed by atoms with Crippen molar-refractivity contribution in [3.63, 3.8) is 0 Å². The molecule has 0 unspecified atom stereocenters. The van der Waals surface area contributed by atoms with Crippen LogP contribution in [-0.2, 0) is 4.74 Å². The number of nitrogens with one attached hydrogen (secondary N) is 4. The average Bonchev–Trinajstić information content (AvgIpc) is 3.25. The number of anilines is 6. The molecule has 0 atom stereocenters. The third-order valence-corrected chi connectivity index (χ3v) is 5.88. The Morgan fingerprint density at radius 1 is 0.966 bits per heavy atom. The third-order valence-electron chi connectivity index (χ3n) is 5.88. The lowest BCUT2D eigenvalue weighted by Gasteiger charge is -2.28. The van der Waals surface area contributed by atoms with E-state index in [4.69, 9.17) is 9.72 Å². The Kier molecular flexibility index (Phi) is 5.25. The van der Waals surface area contributed by atoms with Crippen molar-refractivity contribution >= 4 is 34.6 Å². The predicted octanol–water partition coefficient (Wildman–Crippen LogP) is 3.60. The molecular weight excluding hydrogens is 366 g/mol. The Hall–Kier alpha value is -2.74. The lowest BCUT2D eigenvalue weighted by Crippen LogP contribution is -2.36. The number of morpholine rings is 1. The zero-order valence-corrected chi connectivity index (χ0v) is 16.7. The highest BCUT2D eigenvalue weighted by molar-refractivity contribution is 5.82. The summed E-state index contributed by atoms with van der Waals surface area (Å²) in [5.74, 6) is 2.35. The van der Waals surface area contributed by atoms with Crippen LogP contribution in [0.2, 0.25) is 0 Å². The maximum absolute atomic E-state index is 5.44. The van der Waals surface area contributed by atoms with Gasteiger partial charge in [0.25, 0.3) is 0 Å². The van der Waals surface area contributed by atoms with Gasteiger partial charge in [-0.1, -0.05) is 19.3 Å². The summed E-state index contributed by atoms with van der Waals surface area (Å²) in [5.41, 5.74) is 3.18. The van der Waals surface area contributed by atoms with E-state index >= 15 is 0 Å². The van der Waals surface area contributed by atoms with Crippen LogP contribution in [-0.4, -0.2) is 49.0 Å². The minimum atomic E-state index is 0.491. The molecule has 0 amide bonds.